The van der Waals surface area contributed by atoms with Gasteiger partial charge in [0.05, 0.1) is 0 Å². The van der Waals surface area contributed by atoms with Gasteiger partial charge >= 0.3 is 6.09 Å². The number of aromatic hydroxyl groups is 1. The van der Waals surface area contributed by atoms with Crippen LogP contribution < -0.4 is 10.6 Å². The molecule has 8 nitrogen and oxygen atoms in total. The van der Waals surface area contributed by atoms with E-state index in [9.17, 15) is 19.5 Å². The van der Waals surface area contributed by atoms with Gasteiger partial charge in [-0.25, -0.2) is 4.79 Å². The molecule has 0 aliphatic carbocycles. The quantitative estimate of drug-likeness (QED) is 0.387. The van der Waals surface area contributed by atoms with Gasteiger partial charge < -0.3 is 25.4 Å². The van der Waals surface area contributed by atoms with E-state index in [-0.39, 0.29) is 18.2 Å². The van der Waals surface area contributed by atoms with Crippen molar-refractivity contribution in [3.63, 3.8) is 0 Å². The first-order valence-corrected chi connectivity index (χ1v) is 12.8. The maximum Gasteiger partial charge on any atom is 0.408 e. The summed E-state index contributed by atoms with van der Waals surface area (Å²) in [5.41, 5.74) is 1.05. The Labute approximate surface area is 220 Å². The molecule has 3 unspecified atom stereocenters. The second-order valence-corrected chi connectivity index (χ2v) is 10.3. The Bertz CT molecular complexity index is 1080. The number of alkyl carbamates (subject to hydrolysis) is 1. The molecule has 3 atom stereocenters. The zero-order valence-corrected chi connectivity index (χ0v) is 23.0. The lowest BCUT2D eigenvalue weighted by Gasteiger charge is -2.36. The number of para-hydroxylation sites is 2. The second kappa shape index (κ2) is 13.1. The summed E-state index contributed by atoms with van der Waals surface area (Å²) in [6, 6.07) is 11.8. The van der Waals surface area contributed by atoms with Crippen molar-refractivity contribution in [2.45, 2.75) is 79.0 Å². The molecule has 2 aromatic rings. The molecule has 0 fully saturated rings. The van der Waals surface area contributed by atoms with Crippen LogP contribution in [0, 0.1) is 12.8 Å². The van der Waals surface area contributed by atoms with E-state index in [4.69, 9.17) is 4.74 Å². The topological polar surface area (TPSA) is 108 Å². The summed E-state index contributed by atoms with van der Waals surface area (Å²) in [7, 11) is 0. The van der Waals surface area contributed by atoms with Crippen LogP contribution in [0.15, 0.2) is 48.5 Å². The van der Waals surface area contributed by atoms with Crippen LogP contribution in [0.3, 0.4) is 0 Å². The molecule has 2 rings (SSSR count). The average molecular weight is 512 g/mol. The number of amides is 3. The summed E-state index contributed by atoms with van der Waals surface area (Å²) in [6.07, 6.45) is 0.474. The maximum atomic E-state index is 14.1. The van der Waals surface area contributed by atoms with E-state index < -0.39 is 35.6 Å². The van der Waals surface area contributed by atoms with Crippen LogP contribution in [0.25, 0.3) is 0 Å². The zero-order valence-electron chi connectivity index (χ0n) is 23.0. The van der Waals surface area contributed by atoms with Crippen LogP contribution in [0.4, 0.5) is 10.5 Å². The van der Waals surface area contributed by atoms with Gasteiger partial charge in [-0.1, -0.05) is 63.6 Å². The predicted octanol–water partition coefficient (Wildman–Crippen LogP) is 5.56. The summed E-state index contributed by atoms with van der Waals surface area (Å²) in [5.74, 6) is -1.21. The molecule has 0 saturated heterocycles. The molecule has 0 aliphatic rings. The molecular weight excluding hydrogens is 470 g/mol. The number of carbonyl (C=O) groups excluding carboxylic acids is 3. The fraction of sp³-hybridized carbons (Fsp3) is 0.483. The van der Waals surface area contributed by atoms with E-state index in [1.807, 2.05) is 45.9 Å². The molecule has 0 aromatic heterocycles. The summed E-state index contributed by atoms with van der Waals surface area (Å²) >= 11 is 0. The molecule has 0 aliphatic heterocycles. The lowest BCUT2D eigenvalue weighted by atomic mass is 9.95. The van der Waals surface area contributed by atoms with Crippen LogP contribution in [0.1, 0.15) is 71.6 Å². The molecule has 0 radical (unpaired) electrons. The molecular formula is C29H41N3O5. The van der Waals surface area contributed by atoms with Gasteiger partial charge in [0.15, 0.2) is 0 Å². The van der Waals surface area contributed by atoms with E-state index in [1.165, 1.54) is 11.0 Å². The number of aryl methyl sites for hydroxylation is 1. The van der Waals surface area contributed by atoms with Gasteiger partial charge in [0.1, 0.15) is 23.4 Å². The Balaban J connectivity index is 2.54. The van der Waals surface area contributed by atoms with Crippen molar-refractivity contribution in [1.29, 1.82) is 0 Å². The van der Waals surface area contributed by atoms with Gasteiger partial charge in [0, 0.05) is 17.8 Å². The number of phenolic OH excluding ortho intramolecular Hbond substituents is 1. The predicted molar refractivity (Wildman–Crippen MR) is 145 cm³/mol. The SMILES string of the molecule is CCCN(C(=O)C(NC(=O)OC(C)(C)C)C(C)CC)C(C(=O)Nc1ccccc1C)c1ccccc1O. The molecule has 3 amide bonds. The van der Waals surface area contributed by atoms with Crippen molar-refractivity contribution < 1.29 is 24.2 Å². The molecule has 3 N–H and O–H groups in total. The number of nitrogens with one attached hydrogen (secondary N) is 2. The minimum absolute atomic E-state index is 0.0958. The maximum absolute atomic E-state index is 14.1. The number of hydrogen-bond acceptors (Lipinski definition) is 5. The van der Waals surface area contributed by atoms with E-state index >= 15 is 0 Å². The Morgan fingerprint density at radius 2 is 1.65 bits per heavy atom. The molecule has 202 valence electrons. The number of anilines is 1. The first kappa shape index (κ1) is 29.7. The normalized spacial score (nSPS) is 13.7. The molecule has 2 aromatic carbocycles. The molecule has 0 saturated carbocycles. The molecule has 0 spiro atoms. The smallest absolute Gasteiger partial charge is 0.408 e. The second-order valence-electron chi connectivity index (χ2n) is 10.3. The van der Waals surface area contributed by atoms with Crippen molar-refractivity contribution >= 4 is 23.6 Å². The largest absolute Gasteiger partial charge is 0.508 e. The van der Waals surface area contributed by atoms with Crippen molar-refractivity contribution in [3.8, 4) is 5.75 Å². The van der Waals surface area contributed by atoms with Gasteiger partial charge in [0.2, 0.25) is 5.91 Å². The number of nitrogens with zero attached hydrogens (tertiary/aromatic N) is 1. The Kier molecular flexibility index (Phi) is 10.5. The van der Waals surface area contributed by atoms with Crippen LogP contribution in [0.5, 0.6) is 5.75 Å². The highest BCUT2D eigenvalue weighted by atomic mass is 16.6. The molecule has 8 heteroatoms. The monoisotopic (exact) mass is 511 g/mol. The summed E-state index contributed by atoms with van der Waals surface area (Å²) in [5, 5.41) is 16.4. The first-order valence-electron chi connectivity index (χ1n) is 12.8. The number of benzene rings is 2. The van der Waals surface area contributed by atoms with E-state index in [2.05, 4.69) is 10.6 Å². The van der Waals surface area contributed by atoms with Gasteiger partial charge in [0.25, 0.3) is 5.91 Å². The third kappa shape index (κ3) is 8.23. The Morgan fingerprint density at radius 3 is 2.22 bits per heavy atom. The third-order valence-electron chi connectivity index (χ3n) is 6.09. The van der Waals surface area contributed by atoms with Crippen LogP contribution >= 0.6 is 0 Å². The van der Waals surface area contributed by atoms with Gasteiger partial charge in [-0.3, -0.25) is 9.59 Å². The van der Waals surface area contributed by atoms with E-state index in [0.717, 1.165) is 5.56 Å². The van der Waals surface area contributed by atoms with Crippen molar-refractivity contribution in [3.05, 3.63) is 59.7 Å². The van der Waals surface area contributed by atoms with Crippen LogP contribution in [-0.4, -0.2) is 46.1 Å². The molecule has 0 bridgehead atoms. The summed E-state index contributed by atoms with van der Waals surface area (Å²) in [4.78, 5) is 42.0. The number of rotatable bonds is 10. The zero-order chi connectivity index (χ0) is 27.8. The van der Waals surface area contributed by atoms with Gasteiger partial charge in [-0.05, 0) is 57.7 Å². The number of phenols is 1. The van der Waals surface area contributed by atoms with E-state index in [1.54, 1.807) is 45.0 Å². The highest BCUT2D eigenvalue weighted by Gasteiger charge is 2.38. The Hall–Kier alpha value is -3.55. The molecule has 37 heavy (non-hydrogen) atoms. The van der Waals surface area contributed by atoms with Gasteiger partial charge in [-0.15, -0.1) is 0 Å². The summed E-state index contributed by atoms with van der Waals surface area (Å²) in [6.45, 7) is 13.1. The minimum Gasteiger partial charge on any atom is -0.508 e. The van der Waals surface area contributed by atoms with Crippen molar-refractivity contribution in [1.82, 2.24) is 10.2 Å². The third-order valence-corrected chi connectivity index (χ3v) is 6.09. The Morgan fingerprint density at radius 1 is 1.03 bits per heavy atom. The first-order chi connectivity index (χ1) is 17.4. The highest BCUT2D eigenvalue weighted by molar-refractivity contribution is 5.99. The average Bonchev–Trinajstić information content (AvgIpc) is 2.82. The van der Waals surface area contributed by atoms with Gasteiger partial charge in [-0.2, -0.15) is 0 Å². The van der Waals surface area contributed by atoms with Crippen LogP contribution in [0.2, 0.25) is 0 Å². The number of carbonyl (C=O) groups is 3. The number of ether oxygens (including phenoxy) is 1. The van der Waals surface area contributed by atoms with E-state index in [0.29, 0.717) is 24.1 Å². The highest BCUT2D eigenvalue weighted by Crippen LogP contribution is 2.32. The fourth-order valence-corrected chi connectivity index (χ4v) is 3.99. The van der Waals surface area contributed by atoms with Crippen molar-refractivity contribution in [2.75, 3.05) is 11.9 Å². The lowest BCUT2D eigenvalue weighted by Crippen LogP contribution is -2.54. The van der Waals surface area contributed by atoms with Crippen molar-refractivity contribution in [2.24, 2.45) is 5.92 Å². The summed E-state index contributed by atoms with van der Waals surface area (Å²) < 4.78 is 5.42. The minimum atomic E-state index is -1.12. The number of hydrogen-bond donors (Lipinski definition) is 3. The van der Waals surface area contributed by atoms with Crippen LogP contribution in [-0.2, 0) is 14.3 Å². The molecule has 0 heterocycles. The lowest BCUT2D eigenvalue weighted by molar-refractivity contribution is -0.142. The standard InChI is InChI=1S/C29H41N3O5/c1-8-18-32(27(35)24(19(3)9-2)31-28(36)37-29(5,6)7)25(21-15-11-13-17-23(21)33)26(34)30-22-16-12-10-14-20(22)4/h10-17,19,24-25,33H,8-9,18H2,1-7H3,(H,30,34)(H,31,36). The fourth-order valence-electron chi connectivity index (χ4n) is 3.99.